The fourth-order valence-corrected chi connectivity index (χ4v) is 6.99. The van der Waals surface area contributed by atoms with Crippen molar-refractivity contribution in [3.63, 3.8) is 0 Å². The zero-order chi connectivity index (χ0) is 34.5. The maximum atomic E-state index is 11.9. The molecule has 0 atom stereocenters. The molecule has 1 amide bonds. The number of aryl methyl sites for hydroxylation is 1. The molecule has 5 aromatic rings. The number of pyridine rings is 1. The highest BCUT2D eigenvalue weighted by Crippen LogP contribution is 2.35. The molecule has 0 radical (unpaired) electrons. The van der Waals surface area contributed by atoms with Gasteiger partial charge in [-0.05, 0) is 75.3 Å². The van der Waals surface area contributed by atoms with Gasteiger partial charge in [0.2, 0.25) is 5.91 Å². The third kappa shape index (κ3) is 7.43. The van der Waals surface area contributed by atoms with E-state index in [1.807, 2.05) is 62.3 Å². The number of aromatic amines is 1. The van der Waals surface area contributed by atoms with Crippen LogP contribution in [0, 0.1) is 6.92 Å². The van der Waals surface area contributed by atoms with Gasteiger partial charge in [0.15, 0.2) is 11.3 Å². The Labute approximate surface area is 280 Å². The van der Waals surface area contributed by atoms with Gasteiger partial charge in [-0.2, -0.15) is 0 Å². The van der Waals surface area contributed by atoms with Gasteiger partial charge in [0, 0.05) is 34.1 Å². The fraction of sp³-hybridized carbons (Fsp3) is 0.484. The molecule has 1 aliphatic heterocycles. The van der Waals surface area contributed by atoms with Crippen molar-refractivity contribution in [3.05, 3.63) is 59.7 Å². The number of carbonyl (C=O) groups is 1. The number of nitrogens with two attached hydrogens (primary N) is 2. The standard InChI is InChI=1S/C11H15N3O.C10H13N3O2S.C9H12N4OS.CH4/c1-11(2,3)14-9(15)6-7-8(12)4-5-13-10(7)14;1-5-11-7-6(8(14)12-5)16-9(15)13(7)10(2,3)4;1-9(2,3)13-7-5(15-8(13)14)6(10)11-4-12-7;/h4-5H,6H2,1-3H3,(H2,12,13);1-4H3,(H,11,12,14);4H,1-3H3,(H2,10,11,12);1H4. The number of fused-ring (bicyclic) bond motifs is 3. The van der Waals surface area contributed by atoms with E-state index in [0.717, 1.165) is 28.2 Å². The van der Waals surface area contributed by atoms with E-state index >= 15 is 0 Å². The third-order valence-electron chi connectivity index (χ3n) is 6.83. The Hall–Kier alpha value is -4.44. The number of hydrogen-bond acceptors (Lipinski definition) is 12. The molecule has 0 spiro atoms. The number of rotatable bonds is 0. The minimum atomic E-state index is -0.372. The molecule has 0 aromatic carbocycles. The predicted molar refractivity (Wildman–Crippen MR) is 192 cm³/mol. The molecular weight excluding hydrogens is 641 g/mol. The lowest BCUT2D eigenvalue weighted by atomic mass is 10.1. The van der Waals surface area contributed by atoms with Crippen LogP contribution >= 0.6 is 22.7 Å². The van der Waals surface area contributed by atoms with Gasteiger partial charge in [-0.1, -0.05) is 30.1 Å². The van der Waals surface area contributed by atoms with Crippen molar-refractivity contribution in [1.29, 1.82) is 0 Å². The average Bonchev–Trinajstić information content (AvgIpc) is 3.54. The largest absolute Gasteiger partial charge is 0.398 e. The summed E-state index contributed by atoms with van der Waals surface area (Å²) in [6, 6.07) is 1.73. The van der Waals surface area contributed by atoms with Crippen LogP contribution in [0.15, 0.2) is 33.0 Å². The van der Waals surface area contributed by atoms with Crippen LogP contribution in [0.1, 0.15) is 81.1 Å². The highest BCUT2D eigenvalue weighted by Gasteiger charge is 2.37. The van der Waals surface area contributed by atoms with Gasteiger partial charge in [0.1, 0.15) is 33.2 Å². The van der Waals surface area contributed by atoms with Gasteiger partial charge in [-0.15, -0.1) is 0 Å². The van der Waals surface area contributed by atoms with E-state index in [1.54, 1.807) is 33.2 Å². The fourth-order valence-electron chi connectivity index (χ4n) is 4.97. The van der Waals surface area contributed by atoms with Crippen molar-refractivity contribution in [2.24, 2.45) is 0 Å². The lowest BCUT2D eigenvalue weighted by molar-refractivity contribution is -0.118. The summed E-state index contributed by atoms with van der Waals surface area (Å²) in [6.45, 7) is 19.3. The van der Waals surface area contributed by atoms with Crippen LogP contribution in [0.5, 0.6) is 0 Å². The number of nitrogens with one attached hydrogen (secondary N) is 1. The molecule has 254 valence electrons. The first kappa shape index (κ1) is 37.0. The second kappa shape index (κ2) is 13.0. The highest BCUT2D eigenvalue weighted by molar-refractivity contribution is 7.17. The number of hydrogen-bond donors (Lipinski definition) is 3. The van der Waals surface area contributed by atoms with E-state index in [4.69, 9.17) is 11.5 Å². The number of amides is 1. The molecule has 0 saturated heterocycles. The predicted octanol–water partition coefficient (Wildman–Crippen LogP) is 4.39. The second-order valence-corrected chi connectivity index (χ2v) is 15.7. The zero-order valence-corrected chi connectivity index (χ0v) is 29.3. The molecule has 0 saturated carbocycles. The summed E-state index contributed by atoms with van der Waals surface area (Å²) < 4.78 is 4.27. The summed E-state index contributed by atoms with van der Waals surface area (Å²) in [6.07, 6.45) is 3.39. The summed E-state index contributed by atoms with van der Waals surface area (Å²) >= 11 is 2.03. The van der Waals surface area contributed by atoms with E-state index in [-0.39, 0.29) is 45.3 Å². The molecule has 1 aliphatic rings. The summed E-state index contributed by atoms with van der Waals surface area (Å²) in [7, 11) is 0. The van der Waals surface area contributed by atoms with E-state index < -0.39 is 0 Å². The SMILES string of the molecule is C.CC(C)(C)N1C(=O)Cc2c(N)ccnc21.CC(C)(C)n1c(=O)sc2c(N)ncnc21.Cc1nc2c(sc(=O)n2C(C)(C)C)c(=O)[nH]1. The van der Waals surface area contributed by atoms with Crippen molar-refractivity contribution >= 4 is 66.6 Å². The number of aromatic nitrogens is 7. The van der Waals surface area contributed by atoms with Crippen LogP contribution in [0.2, 0.25) is 0 Å². The second-order valence-electron chi connectivity index (χ2n) is 13.7. The minimum Gasteiger partial charge on any atom is -0.398 e. The lowest BCUT2D eigenvalue weighted by Gasteiger charge is -2.31. The Morgan fingerprint density at radius 2 is 1.34 bits per heavy atom. The van der Waals surface area contributed by atoms with Gasteiger partial charge < -0.3 is 16.5 Å². The Morgan fingerprint density at radius 3 is 1.89 bits per heavy atom. The van der Waals surface area contributed by atoms with E-state index in [0.29, 0.717) is 50.3 Å². The van der Waals surface area contributed by atoms with Gasteiger partial charge in [-0.25, -0.2) is 19.9 Å². The van der Waals surface area contributed by atoms with Crippen molar-refractivity contribution in [1.82, 2.24) is 34.1 Å². The Bertz CT molecular complexity index is 2120. The number of H-pyrrole nitrogens is 1. The monoisotopic (exact) mass is 684 g/mol. The summed E-state index contributed by atoms with van der Waals surface area (Å²) in [4.78, 5) is 67.7. The zero-order valence-electron chi connectivity index (χ0n) is 27.7. The molecular formula is C31H44N10O4S2. The first-order valence-corrected chi connectivity index (χ1v) is 16.1. The van der Waals surface area contributed by atoms with Crippen LogP contribution in [-0.4, -0.2) is 45.5 Å². The molecule has 0 unspecified atom stereocenters. The number of carbonyl (C=O) groups excluding carboxylic acids is 1. The first-order valence-electron chi connectivity index (χ1n) is 14.4. The van der Waals surface area contributed by atoms with Crippen LogP contribution in [0.3, 0.4) is 0 Å². The number of nitrogen functional groups attached to an aromatic ring is 2. The van der Waals surface area contributed by atoms with Gasteiger partial charge in [-0.3, -0.25) is 33.2 Å². The van der Waals surface area contributed by atoms with Crippen LogP contribution in [0.4, 0.5) is 17.3 Å². The van der Waals surface area contributed by atoms with E-state index in [9.17, 15) is 19.2 Å². The number of nitrogens with zero attached hydrogens (tertiary/aromatic N) is 7. The van der Waals surface area contributed by atoms with E-state index in [1.165, 1.54) is 6.33 Å². The van der Waals surface area contributed by atoms with Gasteiger partial charge in [0.25, 0.3) is 5.56 Å². The molecule has 47 heavy (non-hydrogen) atoms. The number of thiazole rings is 2. The highest BCUT2D eigenvalue weighted by atomic mass is 32.1. The summed E-state index contributed by atoms with van der Waals surface area (Å²) in [5.74, 6) is 1.67. The minimum absolute atomic E-state index is 0. The van der Waals surface area contributed by atoms with Crippen LogP contribution in [-0.2, 0) is 22.3 Å². The quantitative estimate of drug-likeness (QED) is 0.210. The average molecular weight is 685 g/mol. The van der Waals surface area contributed by atoms with Gasteiger partial charge in [0.05, 0.1) is 6.42 Å². The molecule has 14 nitrogen and oxygen atoms in total. The van der Waals surface area contributed by atoms with Crippen molar-refractivity contribution in [2.45, 2.75) is 99.7 Å². The molecule has 6 rings (SSSR count). The lowest BCUT2D eigenvalue weighted by Crippen LogP contribution is -2.43. The maximum absolute atomic E-state index is 11.9. The van der Waals surface area contributed by atoms with Gasteiger partial charge >= 0.3 is 9.75 Å². The summed E-state index contributed by atoms with van der Waals surface area (Å²) in [5.41, 5.74) is 13.0. The summed E-state index contributed by atoms with van der Waals surface area (Å²) in [5, 5.41) is 0. The molecule has 16 heteroatoms. The Balaban J connectivity index is 0.000000190. The molecule has 0 fully saturated rings. The van der Waals surface area contributed by atoms with E-state index in [2.05, 4.69) is 24.9 Å². The third-order valence-corrected chi connectivity index (χ3v) is 8.71. The Morgan fingerprint density at radius 1 is 0.787 bits per heavy atom. The smallest absolute Gasteiger partial charge is 0.310 e. The topological polar surface area (TPSA) is 201 Å². The maximum Gasteiger partial charge on any atom is 0.310 e. The van der Waals surface area contributed by atoms with Crippen molar-refractivity contribution in [3.8, 4) is 0 Å². The molecule has 5 aromatic heterocycles. The van der Waals surface area contributed by atoms with Crippen molar-refractivity contribution < 1.29 is 4.79 Å². The normalized spacial score (nSPS) is 13.1. The van der Waals surface area contributed by atoms with Crippen LogP contribution in [0.25, 0.3) is 20.7 Å². The number of anilines is 3. The molecule has 0 aliphatic carbocycles. The molecule has 6 heterocycles. The van der Waals surface area contributed by atoms with Crippen LogP contribution < -0.4 is 31.7 Å². The van der Waals surface area contributed by atoms with Crippen molar-refractivity contribution in [2.75, 3.05) is 16.4 Å². The first-order chi connectivity index (χ1) is 21.1. The molecule has 0 bridgehead atoms. The Kier molecular flexibility index (Phi) is 10.2. The molecule has 5 N–H and O–H groups in total.